The number of anilines is 5. The van der Waals surface area contributed by atoms with Crippen molar-refractivity contribution in [1.82, 2.24) is 14.9 Å². The molecule has 3 aromatic rings. The topological polar surface area (TPSA) is 104 Å². The van der Waals surface area contributed by atoms with Crippen molar-refractivity contribution in [2.24, 2.45) is 0 Å². The highest BCUT2D eigenvalue weighted by Crippen LogP contribution is 2.41. The van der Waals surface area contributed by atoms with Gasteiger partial charge in [-0.3, -0.25) is 14.5 Å². The molecule has 0 saturated carbocycles. The molecular formula is C33H39F2N7O4. The first-order valence-corrected chi connectivity index (χ1v) is 15.5. The number of nitrogens with zero attached hydrogens (tertiary/aromatic N) is 5. The number of hydroxylamine groups is 1. The first-order valence-electron chi connectivity index (χ1n) is 15.5. The zero-order valence-electron chi connectivity index (χ0n) is 26.0. The number of halogens is 2. The fourth-order valence-electron chi connectivity index (χ4n) is 6.54. The Morgan fingerprint density at radius 1 is 1.02 bits per heavy atom. The number of benzene rings is 2. The van der Waals surface area contributed by atoms with Gasteiger partial charge in [-0.25, -0.2) is 23.8 Å². The lowest BCUT2D eigenvalue weighted by atomic mass is 10.00. The molecule has 13 heteroatoms. The molecule has 0 spiro atoms. The van der Waals surface area contributed by atoms with Crippen molar-refractivity contribution in [3.63, 3.8) is 0 Å². The van der Waals surface area contributed by atoms with Crippen molar-refractivity contribution < 1.29 is 27.9 Å². The number of methoxy groups -OCH3 is 1. The zero-order valence-corrected chi connectivity index (χ0v) is 26.0. The van der Waals surface area contributed by atoms with Gasteiger partial charge >= 0.3 is 0 Å². The van der Waals surface area contributed by atoms with E-state index in [0.717, 1.165) is 57.4 Å². The molecule has 0 unspecified atom stereocenters. The number of rotatable bonds is 9. The first kappa shape index (κ1) is 31.6. The van der Waals surface area contributed by atoms with Gasteiger partial charge in [-0.1, -0.05) is 6.58 Å². The third-order valence-corrected chi connectivity index (χ3v) is 8.77. The maximum atomic E-state index is 14.0. The first-order chi connectivity index (χ1) is 22.3. The standard InChI is InChI=1S/C33H39F2N7O4/c1-4-33(43)39-26-16-27(30(44-3)17-29(26)40-8-5-25(6-9-40)41-10-12-45-19-21(41)2)38-31-18-32(37-20-36-31)42-28(7-11-46-42)22-13-23(34)15-24(35)14-22/h4,13-18,20-21,25,28H,1,5-12,19H2,2-3H3,(H,39,43)(H,36,37,38)/t21-,28+/m0/s1. The van der Waals surface area contributed by atoms with Crippen LogP contribution in [-0.2, 0) is 14.4 Å². The Morgan fingerprint density at radius 3 is 2.52 bits per heavy atom. The van der Waals surface area contributed by atoms with Crippen molar-refractivity contribution in [3.05, 3.63) is 72.6 Å². The predicted molar refractivity (Wildman–Crippen MR) is 172 cm³/mol. The molecule has 1 amide bonds. The van der Waals surface area contributed by atoms with Gasteiger partial charge in [0.2, 0.25) is 5.91 Å². The summed E-state index contributed by atoms with van der Waals surface area (Å²) in [7, 11) is 1.59. The highest BCUT2D eigenvalue weighted by molar-refractivity contribution is 6.02. The summed E-state index contributed by atoms with van der Waals surface area (Å²) < 4.78 is 39.4. The fraction of sp³-hybridized carbons (Fsp3) is 0.424. The number of carbonyl (C=O) groups excluding carboxylic acids is 1. The molecule has 2 N–H and O–H groups in total. The maximum absolute atomic E-state index is 14.0. The molecule has 11 nitrogen and oxygen atoms in total. The summed E-state index contributed by atoms with van der Waals surface area (Å²) in [5.74, 6) is -0.239. The Hall–Kier alpha value is -4.33. The minimum absolute atomic E-state index is 0.329. The maximum Gasteiger partial charge on any atom is 0.247 e. The summed E-state index contributed by atoms with van der Waals surface area (Å²) in [5, 5.41) is 7.79. The van der Waals surface area contributed by atoms with Crippen molar-refractivity contribution >= 4 is 34.6 Å². The Balaban J connectivity index is 1.24. The van der Waals surface area contributed by atoms with Gasteiger partial charge in [0.1, 0.15) is 29.5 Å². The third-order valence-electron chi connectivity index (χ3n) is 8.77. The van der Waals surface area contributed by atoms with E-state index in [-0.39, 0.29) is 5.91 Å². The number of hydrogen-bond acceptors (Lipinski definition) is 10. The highest BCUT2D eigenvalue weighted by atomic mass is 19.1. The van der Waals surface area contributed by atoms with Crippen LogP contribution < -0.4 is 25.3 Å². The Morgan fingerprint density at radius 2 is 1.80 bits per heavy atom. The van der Waals surface area contributed by atoms with E-state index in [9.17, 15) is 13.6 Å². The number of piperidine rings is 1. The second-order valence-electron chi connectivity index (χ2n) is 11.7. The quantitative estimate of drug-likeness (QED) is 0.305. The molecule has 2 aromatic carbocycles. The van der Waals surface area contributed by atoms with Crippen LogP contribution in [0.4, 0.5) is 37.5 Å². The van der Waals surface area contributed by atoms with Gasteiger partial charge in [0.05, 0.1) is 50.0 Å². The number of nitrogens with one attached hydrogen (secondary N) is 2. The van der Waals surface area contributed by atoms with Crippen molar-refractivity contribution in [2.45, 2.75) is 44.3 Å². The number of amides is 1. The smallest absolute Gasteiger partial charge is 0.247 e. The van der Waals surface area contributed by atoms with Gasteiger partial charge in [-0.05, 0) is 49.6 Å². The molecule has 0 aliphatic carbocycles. The summed E-state index contributed by atoms with van der Waals surface area (Å²) in [6, 6.07) is 9.30. The zero-order chi connectivity index (χ0) is 32.2. The molecule has 4 heterocycles. The lowest BCUT2D eigenvalue weighted by Gasteiger charge is -2.44. The average molecular weight is 636 g/mol. The van der Waals surface area contributed by atoms with Crippen LogP contribution in [0.25, 0.3) is 0 Å². The molecule has 0 bridgehead atoms. The Bertz CT molecular complexity index is 1550. The number of hydrogen-bond donors (Lipinski definition) is 2. The van der Waals surface area contributed by atoms with Gasteiger partial charge in [-0.15, -0.1) is 0 Å². The number of ether oxygens (including phenoxy) is 2. The van der Waals surface area contributed by atoms with Gasteiger partial charge in [-0.2, -0.15) is 0 Å². The van der Waals surface area contributed by atoms with Crippen LogP contribution in [0, 0.1) is 11.6 Å². The summed E-state index contributed by atoms with van der Waals surface area (Å²) in [6.45, 7) is 10.3. The minimum atomic E-state index is -0.655. The Kier molecular flexibility index (Phi) is 9.61. The van der Waals surface area contributed by atoms with Gasteiger partial charge < -0.3 is 25.0 Å². The molecule has 3 fully saturated rings. The van der Waals surface area contributed by atoms with E-state index in [2.05, 4.69) is 43.9 Å². The van der Waals surface area contributed by atoms with Crippen LogP contribution in [0.15, 0.2) is 55.4 Å². The van der Waals surface area contributed by atoms with Crippen LogP contribution in [0.5, 0.6) is 5.75 Å². The Labute approximate surface area is 267 Å². The van der Waals surface area contributed by atoms with Crippen molar-refractivity contribution in [1.29, 1.82) is 0 Å². The summed E-state index contributed by atoms with van der Waals surface area (Å²) >= 11 is 0. The van der Waals surface area contributed by atoms with Gasteiger partial charge in [0, 0.05) is 56.3 Å². The van der Waals surface area contributed by atoms with E-state index in [1.165, 1.54) is 24.5 Å². The number of carbonyl (C=O) groups is 1. The molecular weight excluding hydrogens is 596 g/mol. The van der Waals surface area contributed by atoms with E-state index >= 15 is 0 Å². The highest BCUT2D eigenvalue weighted by Gasteiger charge is 2.32. The third kappa shape index (κ3) is 6.91. The predicted octanol–water partition coefficient (Wildman–Crippen LogP) is 5.20. The van der Waals surface area contributed by atoms with E-state index < -0.39 is 17.7 Å². The lowest BCUT2D eigenvalue weighted by Crippen LogP contribution is -2.53. The van der Waals surface area contributed by atoms with Gasteiger partial charge in [0.15, 0.2) is 5.82 Å². The van der Waals surface area contributed by atoms with E-state index in [1.54, 1.807) is 18.2 Å². The molecule has 1 aromatic heterocycles. The van der Waals surface area contributed by atoms with Crippen LogP contribution >= 0.6 is 0 Å². The molecule has 3 aliphatic rings. The molecule has 6 rings (SSSR count). The van der Waals surface area contributed by atoms with E-state index in [4.69, 9.17) is 14.3 Å². The monoisotopic (exact) mass is 635 g/mol. The van der Waals surface area contributed by atoms with Crippen LogP contribution in [0.2, 0.25) is 0 Å². The van der Waals surface area contributed by atoms with Crippen LogP contribution in [-0.4, -0.2) is 79.4 Å². The second kappa shape index (κ2) is 14.0. The van der Waals surface area contributed by atoms with Gasteiger partial charge in [0.25, 0.3) is 0 Å². The molecule has 244 valence electrons. The fourth-order valence-corrected chi connectivity index (χ4v) is 6.54. The number of morpholine rings is 1. The second-order valence-corrected chi connectivity index (χ2v) is 11.7. The summed E-state index contributed by atoms with van der Waals surface area (Å²) in [5.41, 5.74) is 2.48. The largest absolute Gasteiger partial charge is 0.494 e. The van der Waals surface area contributed by atoms with Crippen LogP contribution in [0.1, 0.15) is 37.8 Å². The molecule has 0 radical (unpaired) electrons. The summed E-state index contributed by atoms with van der Waals surface area (Å²) in [4.78, 5) is 31.9. The molecule has 2 atom stereocenters. The van der Waals surface area contributed by atoms with E-state index in [1.807, 2.05) is 12.1 Å². The summed E-state index contributed by atoms with van der Waals surface area (Å²) in [6.07, 6.45) is 5.13. The SMILES string of the molecule is C=CC(=O)Nc1cc(Nc2cc(N3OCC[C@@H]3c3cc(F)cc(F)c3)ncn2)c(OC)cc1N1CCC(N2CCOC[C@@H]2C)CC1. The minimum Gasteiger partial charge on any atom is -0.494 e. The van der Waals surface area contributed by atoms with Crippen LogP contribution in [0.3, 0.4) is 0 Å². The van der Waals surface area contributed by atoms with Crippen molar-refractivity contribution in [3.8, 4) is 5.75 Å². The molecule has 46 heavy (non-hydrogen) atoms. The molecule has 3 aliphatic heterocycles. The normalized spacial score (nSPS) is 20.9. The number of aromatic nitrogens is 2. The lowest BCUT2D eigenvalue weighted by molar-refractivity contribution is -0.111. The van der Waals surface area contributed by atoms with E-state index in [0.29, 0.717) is 59.4 Å². The average Bonchev–Trinajstić information content (AvgIpc) is 3.55. The van der Waals surface area contributed by atoms with Crippen molar-refractivity contribution in [2.75, 3.05) is 67.2 Å². The molecule has 3 saturated heterocycles.